The van der Waals surface area contributed by atoms with E-state index in [4.69, 9.17) is 5.11 Å². The Balaban J connectivity index is 4.01. The number of carboxylic acid groups (broad SMARTS) is 1. The van der Waals surface area contributed by atoms with Crippen molar-refractivity contribution in [2.45, 2.75) is 32.9 Å². The molecule has 0 saturated heterocycles. The van der Waals surface area contributed by atoms with Crippen LogP contribution in [0.2, 0.25) is 0 Å². The first-order valence-corrected chi connectivity index (χ1v) is 4.65. The van der Waals surface area contributed by atoms with Crippen LogP contribution in [0.4, 0.5) is 0 Å². The van der Waals surface area contributed by atoms with Crippen LogP contribution in [0.1, 0.15) is 20.8 Å². The molecule has 0 heterocycles. The molecule has 2 N–H and O–H groups in total. The van der Waals surface area contributed by atoms with E-state index in [1.807, 2.05) is 32.7 Å². The Kier molecular flexibility index (Phi) is 5.66. The van der Waals surface area contributed by atoms with E-state index in [1.165, 1.54) is 0 Å². The summed E-state index contributed by atoms with van der Waals surface area (Å²) < 4.78 is 0. The summed E-state index contributed by atoms with van der Waals surface area (Å²) in [5.74, 6) is -0.783. The van der Waals surface area contributed by atoms with Crippen LogP contribution in [0.15, 0.2) is 0 Å². The molecule has 4 nitrogen and oxygen atoms in total. The molecule has 1 unspecified atom stereocenters. The van der Waals surface area contributed by atoms with Gasteiger partial charge in [0.15, 0.2) is 0 Å². The number of carbonyl (C=O) groups is 1. The summed E-state index contributed by atoms with van der Waals surface area (Å²) in [6.07, 6.45) is 0. The van der Waals surface area contributed by atoms with E-state index < -0.39 is 12.0 Å². The smallest absolute Gasteiger partial charge is 0.322 e. The van der Waals surface area contributed by atoms with Gasteiger partial charge in [-0.1, -0.05) is 6.92 Å². The maximum absolute atomic E-state index is 10.8. The highest BCUT2D eigenvalue weighted by Crippen LogP contribution is 1.96. The van der Waals surface area contributed by atoms with Gasteiger partial charge >= 0.3 is 5.97 Å². The van der Waals surface area contributed by atoms with Gasteiger partial charge in [0.05, 0.1) is 0 Å². The normalized spacial score (nSPS) is 13.7. The van der Waals surface area contributed by atoms with Crippen molar-refractivity contribution in [2.24, 2.45) is 0 Å². The summed E-state index contributed by atoms with van der Waals surface area (Å²) in [6.45, 7) is 7.23. The highest BCUT2D eigenvalue weighted by Gasteiger charge is 2.18. The second-order valence-corrected chi connectivity index (χ2v) is 3.48. The van der Waals surface area contributed by atoms with Crippen molar-refractivity contribution < 1.29 is 9.90 Å². The van der Waals surface area contributed by atoms with Crippen molar-refractivity contribution in [1.82, 2.24) is 10.2 Å². The number of likely N-dealkylation sites (N-methyl/N-ethyl adjacent to an activating group) is 2. The molecule has 0 spiro atoms. The Morgan fingerprint density at radius 1 is 1.54 bits per heavy atom. The molecule has 0 aromatic carbocycles. The number of nitrogens with one attached hydrogen (secondary N) is 1. The fraction of sp³-hybridized carbons (Fsp3) is 0.889. The molecule has 0 aromatic heterocycles. The fourth-order valence-electron chi connectivity index (χ4n) is 0.975. The van der Waals surface area contributed by atoms with E-state index in [9.17, 15) is 4.79 Å². The van der Waals surface area contributed by atoms with Crippen LogP contribution in [0.3, 0.4) is 0 Å². The Labute approximate surface area is 79.9 Å². The Bertz CT molecular complexity index is 160. The Morgan fingerprint density at radius 2 is 2.08 bits per heavy atom. The van der Waals surface area contributed by atoms with E-state index in [2.05, 4.69) is 5.32 Å². The van der Waals surface area contributed by atoms with Gasteiger partial charge in [-0.15, -0.1) is 0 Å². The van der Waals surface area contributed by atoms with Gasteiger partial charge in [0.2, 0.25) is 0 Å². The quantitative estimate of drug-likeness (QED) is 0.633. The molecule has 0 bridgehead atoms. The molecule has 1 atom stereocenters. The van der Waals surface area contributed by atoms with Crippen LogP contribution < -0.4 is 5.32 Å². The van der Waals surface area contributed by atoms with Crippen molar-refractivity contribution in [2.75, 3.05) is 20.1 Å². The SMILES string of the molecule is CCNC(CN(C)C(C)C)C(=O)O. The predicted octanol–water partition coefficient (Wildman–Crippen LogP) is 0.389. The zero-order valence-corrected chi connectivity index (χ0v) is 8.87. The molecule has 0 aliphatic rings. The molecule has 13 heavy (non-hydrogen) atoms. The number of carboxylic acids is 1. The van der Waals surface area contributed by atoms with Crippen LogP contribution in [0.5, 0.6) is 0 Å². The molecule has 0 saturated carbocycles. The van der Waals surface area contributed by atoms with Crippen LogP contribution in [-0.4, -0.2) is 48.2 Å². The van der Waals surface area contributed by atoms with E-state index in [0.29, 0.717) is 19.1 Å². The van der Waals surface area contributed by atoms with Gasteiger partial charge in [-0.3, -0.25) is 4.79 Å². The average molecular weight is 188 g/mol. The monoisotopic (exact) mass is 188 g/mol. The van der Waals surface area contributed by atoms with Gasteiger partial charge in [0.25, 0.3) is 0 Å². The molecule has 0 amide bonds. The molecule has 0 aliphatic heterocycles. The average Bonchev–Trinajstić information content (AvgIpc) is 2.03. The minimum Gasteiger partial charge on any atom is -0.480 e. The van der Waals surface area contributed by atoms with Crippen molar-refractivity contribution >= 4 is 5.97 Å². The van der Waals surface area contributed by atoms with Crippen LogP contribution in [0.25, 0.3) is 0 Å². The summed E-state index contributed by atoms with van der Waals surface area (Å²) >= 11 is 0. The van der Waals surface area contributed by atoms with Gasteiger partial charge in [-0.05, 0) is 27.4 Å². The van der Waals surface area contributed by atoms with E-state index in [0.717, 1.165) is 0 Å². The lowest BCUT2D eigenvalue weighted by atomic mass is 10.2. The summed E-state index contributed by atoms with van der Waals surface area (Å²) in [6, 6.07) is -0.0853. The van der Waals surface area contributed by atoms with Crippen molar-refractivity contribution in [3.05, 3.63) is 0 Å². The minimum atomic E-state index is -0.783. The highest BCUT2D eigenvalue weighted by molar-refractivity contribution is 5.73. The van der Waals surface area contributed by atoms with Gasteiger partial charge < -0.3 is 15.3 Å². The first-order chi connectivity index (χ1) is 5.99. The summed E-state index contributed by atoms with van der Waals surface area (Å²) in [5, 5.41) is 11.8. The van der Waals surface area contributed by atoms with E-state index in [-0.39, 0.29) is 0 Å². The lowest BCUT2D eigenvalue weighted by molar-refractivity contribution is -0.140. The molecule has 0 radical (unpaired) electrons. The maximum atomic E-state index is 10.8. The molecule has 0 rings (SSSR count). The number of aliphatic carboxylic acids is 1. The summed E-state index contributed by atoms with van der Waals surface area (Å²) in [7, 11) is 1.93. The molecular formula is C9H20N2O2. The largest absolute Gasteiger partial charge is 0.480 e. The molecule has 4 heteroatoms. The van der Waals surface area contributed by atoms with Gasteiger partial charge in [-0.25, -0.2) is 0 Å². The molecule has 0 aliphatic carbocycles. The van der Waals surface area contributed by atoms with Gasteiger partial charge in [0, 0.05) is 12.6 Å². The second-order valence-electron chi connectivity index (χ2n) is 3.48. The van der Waals surface area contributed by atoms with Crippen molar-refractivity contribution in [3.8, 4) is 0 Å². The molecular weight excluding hydrogens is 168 g/mol. The van der Waals surface area contributed by atoms with Crippen LogP contribution >= 0.6 is 0 Å². The number of hydrogen-bond acceptors (Lipinski definition) is 3. The summed E-state index contributed by atoms with van der Waals surface area (Å²) in [5.41, 5.74) is 0. The third-order valence-corrected chi connectivity index (χ3v) is 2.10. The lowest BCUT2D eigenvalue weighted by Crippen LogP contribution is -2.46. The zero-order valence-electron chi connectivity index (χ0n) is 8.87. The third kappa shape index (κ3) is 4.85. The zero-order chi connectivity index (χ0) is 10.4. The molecule has 78 valence electrons. The summed E-state index contributed by atoms with van der Waals surface area (Å²) in [4.78, 5) is 12.8. The third-order valence-electron chi connectivity index (χ3n) is 2.10. The maximum Gasteiger partial charge on any atom is 0.322 e. The van der Waals surface area contributed by atoms with Crippen molar-refractivity contribution in [3.63, 3.8) is 0 Å². The van der Waals surface area contributed by atoms with Crippen LogP contribution in [0, 0.1) is 0 Å². The molecule has 0 fully saturated rings. The fourth-order valence-corrected chi connectivity index (χ4v) is 0.975. The predicted molar refractivity (Wildman–Crippen MR) is 52.9 cm³/mol. The first kappa shape index (κ1) is 12.4. The van der Waals surface area contributed by atoms with Crippen LogP contribution in [-0.2, 0) is 4.79 Å². The molecule has 0 aromatic rings. The van der Waals surface area contributed by atoms with Crippen molar-refractivity contribution in [1.29, 1.82) is 0 Å². The second kappa shape index (κ2) is 5.94. The lowest BCUT2D eigenvalue weighted by Gasteiger charge is -2.24. The first-order valence-electron chi connectivity index (χ1n) is 4.65. The number of hydrogen-bond donors (Lipinski definition) is 2. The minimum absolute atomic E-state index is 0.375. The van der Waals surface area contributed by atoms with E-state index in [1.54, 1.807) is 0 Å². The van der Waals surface area contributed by atoms with Gasteiger partial charge in [0.1, 0.15) is 6.04 Å². The Hall–Kier alpha value is -0.610. The number of rotatable bonds is 6. The topological polar surface area (TPSA) is 52.6 Å². The number of nitrogens with zero attached hydrogens (tertiary/aromatic N) is 1. The van der Waals surface area contributed by atoms with E-state index >= 15 is 0 Å². The Morgan fingerprint density at radius 3 is 2.38 bits per heavy atom. The highest BCUT2D eigenvalue weighted by atomic mass is 16.4. The van der Waals surface area contributed by atoms with Gasteiger partial charge in [-0.2, -0.15) is 0 Å². The standard InChI is InChI=1S/C9H20N2O2/c1-5-10-8(9(12)13)6-11(4)7(2)3/h7-8,10H,5-6H2,1-4H3,(H,12,13).